The van der Waals surface area contributed by atoms with Crippen molar-refractivity contribution in [3.05, 3.63) is 70.7 Å². The number of amides is 1. The number of carbonyl (C=O) groups excluding carboxylic acids is 2. The number of thiophene rings is 1. The predicted molar refractivity (Wildman–Crippen MR) is 137 cm³/mol. The molecule has 0 unspecified atom stereocenters. The quantitative estimate of drug-likeness (QED) is 0.294. The Hall–Kier alpha value is -3.58. The van der Waals surface area contributed by atoms with Gasteiger partial charge in [-0.3, -0.25) is 4.79 Å². The lowest BCUT2D eigenvalue weighted by molar-refractivity contribution is 0.0529. The molecule has 0 bridgehead atoms. The second-order valence-corrected chi connectivity index (χ2v) is 8.60. The van der Waals surface area contributed by atoms with Gasteiger partial charge in [-0.1, -0.05) is 30.3 Å². The second-order valence-electron chi connectivity index (χ2n) is 7.72. The lowest BCUT2D eigenvalue weighted by Gasteiger charge is -2.11. The SMILES string of the molecule is CCOC(=O)c1c(-c2ccc(OCC)cc2)csc1NC(=O)c1c(C)c2ccccc2n1CC. The van der Waals surface area contributed by atoms with Crippen LogP contribution in [0.1, 0.15) is 47.2 Å². The zero-order valence-electron chi connectivity index (χ0n) is 19.8. The summed E-state index contributed by atoms with van der Waals surface area (Å²) >= 11 is 1.32. The minimum Gasteiger partial charge on any atom is -0.494 e. The molecule has 2 aromatic carbocycles. The Morgan fingerprint density at radius 2 is 1.74 bits per heavy atom. The van der Waals surface area contributed by atoms with Gasteiger partial charge in [0.05, 0.1) is 13.2 Å². The molecule has 6 nitrogen and oxygen atoms in total. The van der Waals surface area contributed by atoms with Crippen LogP contribution < -0.4 is 10.1 Å². The summed E-state index contributed by atoms with van der Waals surface area (Å²) in [5.41, 5.74) is 4.45. The number of carbonyl (C=O) groups is 2. The van der Waals surface area contributed by atoms with Crippen LogP contribution in [0.2, 0.25) is 0 Å². The van der Waals surface area contributed by atoms with Crippen LogP contribution in [0.3, 0.4) is 0 Å². The molecule has 2 heterocycles. The highest BCUT2D eigenvalue weighted by Gasteiger charge is 2.25. The van der Waals surface area contributed by atoms with Crippen molar-refractivity contribution in [2.45, 2.75) is 34.2 Å². The lowest BCUT2D eigenvalue weighted by atomic mass is 10.0. The summed E-state index contributed by atoms with van der Waals surface area (Å²) in [5.74, 6) is 0.0486. The summed E-state index contributed by atoms with van der Waals surface area (Å²) in [7, 11) is 0. The number of aromatic nitrogens is 1. The number of nitrogens with one attached hydrogen (secondary N) is 1. The van der Waals surface area contributed by atoms with E-state index in [9.17, 15) is 9.59 Å². The minimum atomic E-state index is -0.462. The Kier molecular flexibility index (Phi) is 7.03. The lowest BCUT2D eigenvalue weighted by Crippen LogP contribution is -2.19. The molecule has 176 valence electrons. The number of para-hydroxylation sites is 1. The largest absolute Gasteiger partial charge is 0.494 e. The third-order valence-electron chi connectivity index (χ3n) is 5.73. The smallest absolute Gasteiger partial charge is 0.341 e. The molecule has 1 N–H and O–H groups in total. The van der Waals surface area contributed by atoms with Gasteiger partial charge in [0, 0.05) is 28.4 Å². The number of esters is 1. The number of aryl methyl sites for hydroxylation is 2. The van der Waals surface area contributed by atoms with Crippen LogP contribution in [0, 0.1) is 6.92 Å². The Labute approximate surface area is 203 Å². The summed E-state index contributed by atoms with van der Waals surface area (Å²) in [6.07, 6.45) is 0. The summed E-state index contributed by atoms with van der Waals surface area (Å²) in [4.78, 5) is 26.4. The van der Waals surface area contributed by atoms with E-state index in [2.05, 4.69) is 5.32 Å². The van der Waals surface area contributed by atoms with E-state index >= 15 is 0 Å². The number of rotatable bonds is 8. The van der Waals surface area contributed by atoms with Gasteiger partial charge in [-0.15, -0.1) is 11.3 Å². The highest BCUT2D eigenvalue weighted by molar-refractivity contribution is 7.15. The van der Waals surface area contributed by atoms with Crippen LogP contribution in [-0.2, 0) is 11.3 Å². The molecular formula is C27H28N2O4S. The molecule has 2 aromatic heterocycles. The fourth-order valence-corrected chi connectivity index (χ4v) is 5.18. The molecule has 0 fully saturated rings. The predicted octanol–water partition coefficient (Wildman–Crippen LogP) is 6.53. The molecule has 0 saturated carbocycles. The molecule has 0 atom stereocenters. The average molecular weight is 477 g/mol. The molecule has 0 radical (unpaired) electrons. The number of hydrogen-bond acceptors (Lipinski definition) is 5. The molecule has 0 aliphatic carbocycles. The van der Waals surface area contributed by atoms with E-state index in [1.54, 1.807) is 6.92 Å². The average Bonchev–Trinajstić information content (AvgIpc) is 3.38. The molecular weight excluding hydrogens is 448 g/mol. The highest BCUT2D eigenvalue weighted by atomic mass is 32.1. The van der Waals surface area contributed by atoms with Gasteiger partial charge in [-0.2, -0.15) is 0 Å². The van der Waals surface area contributed by atoms with E-state index in [0.717, 1.165) is 33.3 Å². The Morgan fingerprint density at radius 1 is 1.00 bits per heavy atom. The number of ether oxygens (including phenoxy) is 2. The molecule has 0 aliphatic rings. The van der Waals surface area contributed by atoms with E-state index in [0.29, 0.717) is 29.4 Å². The van der Waals surface area contributed by atoms with Crippen LogP contribution in [-0.4, -0.2) is 29.7 Å². The topological polar surface area (TPSA) is 69.6 Å². The van der Waals surface area contributed by atoms with Crippen LogP contribution in [0.4, 0.5) is 5.00 Å². The number of benzene rings is 2. The maximum atomic E-state index is 13.5. The standard InChI is InChI=1S/C27H28N2O4S/c1-5-29-22-11-9-8-10-20(22)17(4)24(29)25(30)28-26-23(27(31)33-7-3)21(16-34-26)18-12-14-19(15-13-18)32-6-2/h8-16H,5-7H2,1-4H3,(H,28,30). The summed E-state index contributed by atoms with van der Waals surface area (Å²) in [5, 5.41) is 6.39. The monoisotopic (exact) mass is 476 g/mol. The van der Waals surface area contributed by atoms with Gasteiger partial charge < -0.3 is 19.4 Å². The minimum absolute atomic E-state index is 0.244. The Morgan fingerprint density at radius 3 is 2.41 bits per heavy atom. The van der Waals surface area contributed by atoms with Crippen molar-refractivity contribution in [1.82, 2.24) is 4.57 Å². The van der Waals surface area contributed by atoms with Crippen LogP contribution in [0.5, 0.6) is 5.75 Å². The number of nitrogens with zero attached hydrogens (tertiary/aromatic N) is 1. The molecule has 7 heteroatoms. The van der Waals surface area contributed by atoms with Crippen molar-refractivity contribution in [3.8, 4) is 16.9 Å². The van der Waals surface area contributed by atoms with E-state index in [1.807, 2.05) is 79.2 Å². The molecule has 1 amide bonds. The number of hydrogen-bond donors (Lipinski definition) is 1. The normalized spacial score (nSPS) is 10.9. The van der Waals surface area contributed by atoms with E-state index in [1.165, 1.54) is 11.3 Å². The Balaban J connectivity index is 1.74. The van der Waals surface area contributed by atoms with Gasteiger partial charge in [-0.25, -0.2) is 4.79 Å². The fourth-order valence-electron chi connectivity index (χ4n) is 4.23. The van der Waals surface area contributed by atoms with Crippen LogP contribution in [0.15, 0.2) is 53.9 Å². The molecule has 0 spiro atoms. The zero-order valence-corrected chi connectivity index (χ0v) is 20.6. The van der Waals surface area contributed by atoms with Crippen molar-refractivity contribution in [1.29, 1.82) is 0 Å². The van der Waals surface area contributed by atoms with Gasteiger partial charge in [0.1, 0.15) is 22.0 Å². The summed E-state index contributed by atoms with van der Waals surface area (Å²) in [6, 6.07) is 15.5. The van der Waals surface area contributed by atoms with Crippen molar-refractivity contribution >= 4 is 39.1 Å². The van der Waals surface area contributed by atoms with Gasteiger partial charge in [0.25, 0.3) is 5.91 Å². The third kappa shape index (κ3) is 4.31. The molecule has 0 aliphatic heterocycles. The number of anilines is 1. The van der Waals surface area contributed by atoms with E-state index < -0.39 is 5.97 Å². The van der Waals surface area contributed by atoms with Crippen LogP contribution in [0.25, 0.3) is 22.0 Å². The summed E-state index contributed by atoms with van der Waals surface area (Å²) in [6.45, 7) is 9.15. The van der Waals surface area contributed by atoms with Gasteiger partial charge in [0.15, 0.2) is 0 Å². The van der Waals surface area contributed by atoms with Crippen molar-refractivity contribution < 1.29 is 19.1 Å². The first-order valence-electron chi connectivity index (χ1n) is 11.4. The van der Waals surface area contributed by atoms with Crippen LogP contribution >= 0.6 is 11.3 Å². The molecule has 4 rings (SSSR count). The van der Waals surface area contributed by atoms with Gasteiger partial charge in [0.2, 0.25) is 0 Å². The zero-order chi connectivity index (χ0) is 24.2. The maximum Gasteiger partial charge on any atom is 0.341 e. The Bertz CT molecular complexity index is 1330. The summed E-state index contributed by atoms with van der Waals surface area (Å²) < 4.78 is 12.9. The first-order valence-corrected chi connectivity index (χ1v) is 12.3. The first-order chi connectivity index (χ1) is 16.5. The molecule has 34 heavy (non-hydrogen) atoms. The first kappa shape index (κ1) is 23.6. The van der Waals surface area contributed by atoms with E-state index in [-0.39, 0.29) is 12.5 Å². The van der Waals surface area contributed by atoms with Crippen molar-refractivity contribution in [2.24, 2.45) is 0 Å². The maximum absolute atomic E-state index is 13.5. The third-order valence-corrected chi connectivity index (χ3v) is 6.62. The number of fused-ring (bicyclic) bond motifs is 1. The van der Waals surface area contributed by atoms with Gasteiger partial charge in [-0.05, 0) is 57.0 Å². The van der Waals surface area contributed by atoms with Gasteiger partial charge >= 0.3 is 5.97 Å². The van der Waals surface area contributed by atoms with E-state index in [4.69, 9.17) is 9.47 Å². The highest BCUT2D eigenvalue weighted by Crippen LogP contribution is 2.37. The molecule has 4 aromatic rings. The fraction of sp³-hybridized carbons (Fsp3) is 0.259. The van der Waals surface area contributed by atoms with Crippen molar-refractivity contribution in [3.63, 3.8) is 0 Å². The van der Waals surface area contributed by atoms with Crippen molar-refractivity contribution in [2.75, 3.05) is 18.5 Å². The molecule has 0 saturated heterocycles. The second kappa shape index (κ2) is 10.1.